The molecule has 24 heavy (non-hydrogen) atoms. The number of nitrogens with zero attached hydrogens (tertiary/aromatic N) is 3. The lowest BCUT2D eigenvalue weighted by molar-refractivity contribution is -0.0498. The summed E-state index contributed by atoms with van der Waals surface area (Å²) in [5, 5.41) is 2.98. The van der Waals surface area contributed by atoms with Gasteiger partial charge in [0.25, 0.3) is 0 Å². The van der Waals surface area contributed by atoms with Gasteiger partial charge in [-0.2, -0.15) is 13.8 Å². The van der Waals surface area contributed by atoms with Gasteiger partial charge in [-0.3, -0.25) is 0 Å². The van der Waals surface area contributed by atoms with E-state index in [1.807, 2.05) is 0 Å². The second-order valence-corrected chi connectivity index (χ2v) is 7.61. The molecule has 0 aliphatic carbocycles. The van der Waals surface area contributed by atoms with Gasteiger partial charge in [0.2, 0.25) is 15.9 Å². The number of sulfonamides is 1. The van der Waals surface area contributed by atoms with Crippen LogP contribution >= 0.6 is 0 Å². The molecule has 1 unspecified atom stereocenters. The van der Waals surface area contributed by atoms with E-state index in [9.17, 15) is 17.2 Å². The van der Waals surface area contributed by atoms with Gasteiger partial charge in [-0.05, 0) is 24.1 Å². The summed E-state index contributed by atoms with van der Waals surface area (Å²) in [6.07, 6.45) is 0.696. The lowest BCUT2D eigenvalue weighted by atomic mass is 10.1. The number of hydrogen-bond donors (Lipinski definition) is 0. The second-order valence-electron chi connectivity index (χ2n) is 5.39. The molecule has 0 N–H and O–H groups in total. The molecule has 1 atom stereocenters. The molecular weight excluding hydrogens is 344 g/mol. The summed E-state index contributed by atoms with van der Waals surface area (Å²) < 4.78 is 59.0. The van der Waals surface area contributed by atoms with Gasteiger partial charge in [0.15, 0.2) is 11.1 Å². The van der Waals surface area contributed by atoms with Crippen molar-refractivity contribution in [3.8, 4) is 5.75 Å². The first-order chi connectivity index (χ1) is 11.4. The van der Waals surface area contributed by atoms with E-state index in [1.54, 1.807) is 12.1 Å². The molecule has 1 aliphatic heterocycles. The maximum absolute atomic E-state index is 12.1. The van der Waals surface area contributed by atoms with Crippen LogP contribution in [0, 0.1) is 0 Å². The average molecular weight is 359 g/mol. The fraction of sp³-hybridized carbons (Fsp3) is 0.429. The lowest BCUT2D eigenvalue weighted by Crippen LogP contribution is -2.22. The number of ether oxygens (including phenoxy) is 1. The standard InChI is InChI=1S/C14H15F2N3O4S/c1-19-7-6-11(24(19,20)21)13-17-12(18-23-13)8-9-2-4-10(5-3-9)22-14(15)16/h2-5,11,14H,6-8H2,1H3. The molecule has 7 nitrogen and oxygen atoms in total. The van der Waals surface area contributed by atoms with Crippen LogP contribution < -0.4 is 4.74 Å². The fourth-order valence-electron chi connectivity index (χ4n) is 2.48. The van der Waals surface area contributed by atoms with Crippen molar-refractivity contribution in [2.45, 2.75) is 24.7 Å². The van der Waals surface area contributed by atoms with Crippen LogP contribution in [-0.4, -0.2) is 43.1 Å². The van der Waals surface area contributed by atoms with Crippen LogP contribution in [0.4, 0.5) is 8.78 Å². The first kappa shape index (κ1) is 16.8. The first-order valence-electron chi connectivity index (χ1n) is 7.17. The zero-order valence-corrected chi connectivity index (χ0v) is 13.5. The summed E-state index contributed by atoms with van der Waals surface area (Å²) in [5.74, 6) is 0.465. The largest absolute Gasteiger partial charge is 0.435 e. The molecule has 0 saturated carbocycles. The first-order valence-corrected chi connectivity index (χ1v) is 8.68. The van der Waals surface area contributed by atoms with Gasteiger partial charge in [-0.25, -0.2) is 12.7 Å². The summed E-state index contributed by atoms with van der Waals surface area (Å²) in [4.78, 5) is 4.15. The Kier molecular flexibility index (Phi) is 4.50. The van der Waals surface area contributed by atoms with Crippen molar-refractivity contribution in [2.24, 2.45) is 0 Å². The summed E-state index contributed by atoms with van der Waals surface area (Å²) in [7, 11) is -1.94. The van der Waals surface area contributed by atoms with Crippen LogP contribution in [0.25, 0.3) is 0 Å². The van der Waals surface area contributed by atoms with Crippen LogP contribution in [0.3, 0.4) is 0 Å². The second kappa shape index (κ2) is 6.44. The third-order valence-corrected chi connectivity index (χ3v) is 5.98. The molecule has 0 radical (unpaired) electrons. The molecule has 1 aromatic heterocycles. The van der Waals surface area contributed by atoms with Crippen molar-refractivity contribution in [3.05, 3.63) is 41.5 Å². The molecular formula is C14H15F2N3O4S. The Morgan fingerprint density at radius 1 is 1.38 bits per heavy atom. The number of aromatic nitrogens is 2. The summed E-state index contributed by atoms with van der Waals surface area (Å²) in [6.45, 7) is -2.46. The van der Waals surface area contributed by atoms with Crippen molar-refractivity contribution < 1.29 is 26.5 Å². The maximum atomic E-state index is 12.1. The van der Waals surface area contributed by atoms with E-state index >= 15 is 0 Å². The third-order valence-electron chi connectivity index (χ3n) is 3.77. The average Bonchev–Trinajstić information content (AvgIpc) is 3.06. The highest BCUT2D eigenvalue weighted by Crippen LogP contribution is 2.33. The van der Waals surface area contributed by atoms with E-state index in [2.05, 4.69) is 14.9 Å². The van der Waals surface area contributed by atoms with Gasteiger partial charge in [0, 0.05) is 20.0 Å². The van der Waals surface area contributed by atoms with Crippen LogP contribution in [0.1, 0.15) is 28.9 Å². The molecule has 0 bridgehead atoms. The molecule has 2 heterocycles. The Bertz CT molecular complexity index is 808. The van der Waals surface area contributed by atoms with Gasteiger partial charge in [-0.15, -0.1) is 0 Å². The predicted octanol–water partition coefficient (Wildman–Crippen LogP) is 1.97. The van der Waals surface area contributed by atoms with Crippen LogP contribution in [0.2, 0.25) is 0 Å². The molecule has 1 fully saturated rings. The normalized spacial score (nSPS) is 20.6. The van der Waals surface area contributed by atoms with Crippen LogP contribution in [0.15, 0.2) is 28.8 Å². The number of benzene rings is 1. The van der Waals surface area contributed by atoms with Gasteiger partial charge in [0.1, 0.15) is 5.75 Å². The summed E-state index contributed by atoms with van der Waals surface area (Å²) in [6, 6.07) is 6.04. The number of halogens is 2. The SMILES string of the molecule is CN1CCC(c2nc(Cc3ccc(OC(F)F)cc3)no2)S1(=O)=O. The van der Waals surface area contributed by atoms with Gasteiger partial charge >= 0.3 is 6.61 Å². The molecule has 130 valence electrons. The predicted molar refractivity (Wildman–Crippen MR) is 79.1 cm³/mol. The number of hydrogen-bond acceptors (Lipinski definition) is 6. The van der Waals surface area contributed by atoms with Gasteiger partial charge in [0.05, 0.1) is 0 Å². The lowest BCUT2D eigenvalue weighted by Gasteiger charge is -2.08. The Morgan fingerprint density at radius 2 is 2.08 bits per heavy atom. The molecule has 2 aromatic rings. The highest BCUT2D eigenvalue weighted by atomic mass is 32.2. The van der Waals surface area contributed by atoms with E-state index in [-0.39, 0.29) is 11.6 Å². The van der Waals surface area contributed by atoms with Crippen LogP contribution in [-0.2, 0) is 16.4 Å². The van der Waals surface area contributed by atoms with Crippen molar-refractivity contribution in [1.82, 2.24) is 14.4 Å². The maximum Gasteiger partial charge on any atom is 0.387 e. The number of rotatable bonds is 5. The quantitative estimate of drug-likeness (QED) is 0.811. The minimum Gasteiger partial charge on any atom is -0.435 e. The summed E-state index contributed by atoms with van der Waals surface area (Å²) >= 11 is 0. The minimum absolute atomic E-state index is 0.0580. The zero-order chi connectivity index (χ0) is 17.3. The van der Waals surface area contributed by atoms with Gasteiger partial charge in [-0.1, -0.05) is 17.3 Å². The molecule has 0 spiro atoms. The smallest absolute Gasteiger partial charge is 0.387 e. The fourth-order valence-corrected chi connectivity index (χ4v) is 4.03. The topological polar surface area (TPSA) is 85.5 Å². The van der Waals surface area contributed by atoms with E-state index in [1.165, 1.54) is 23.5 Å². The van der Waals surface area contributed by atoms with Gasteiger partial charge < -0.3 is 9.26 Å². The van der Waals surface area contributed by atoms with Crippen molar-refractivity contribution >= 4 is 10.0 Å². The van der Waals surface area contributed by atoms with E-state index in [4.69, 9.17) is 4.52 Å². The number of alkyl halides is 2. The van der Waals surface area contributed by atoms with E-state index in [0.29, 0.717) is 25.2 Å². The third kappa shape index (κ3) is 3.39. The molecule has 3 rings (SSSR count). The Hall–Kier alpha value is -2.07. The van der Waals surface area contributed by atoms with E-state index in [0.717, 1.165) is 5.56 Å². The van der Waals surface area contributed by atoms with Crippen LogP contribution in [0.5, 0.6) is 5.75 Å². The minimum atomic E-state index is -3.45. The Balaban J connectivity index is 1.70. The van der Waals surface area contributed by atoms with Crippen molar-refractivity contribution in [3.63, 3.8) is 0 Å². The van der Waals surface area contributed by atoms with Crippen molar-refractivity contribution in [2.75, 3.05) is 13.6 Å². The molecule has 1 aliphatic rings. The zero-order valence-electron chi connectivity index (χ0n) is 12.7. The monoisotopic (exact) mass is 359 g/mol. The summed E-state index contributed by atoms with van der Waals surface area (Å²) in [5.41, 5.74) is 0.760. The van der Waals surface area contributed by atoms with E-state index < -0.39 is 21.9 Å². The highest BCUT2D eigenvalue weighted by Gasteiger charge is 2.41. The highest BCUT2D eigenvalue weighted by molar-refractivity contribution is 7.89. The Labute approximate surface area is 137 Å². The molecule has 10 heteroatoms. The van der Waals surface area contributed by atoms with Crippen molar-refractivity contribution in [1.29, 1.82) is 0 Å². The molecule has 1 saturated heterocycles. The Morgan fingerprint density at radius 3 is 2.67 bits per heavy atom. The molecule has 0 amide bonds. The molecule has 1 aromatic carbocycles.